The van der Waals surface area contributed by atoms with Crippen LogP contribution in [0.3, 0.4) is 0 Å². The third-order valence-corrected chi connectivity index (χ3v) is 1.88. The van der Waals surface area contributed by atoms with Gasteiger partial charge in [0.05, 0.1) is 12.6 Å². The lowest BCUT2D eigenvalue weighted by atomic mass is 10.0. The van der Waals surface area contributed by atoms with Gasteiger partial charge >= 0.3 is 5.97 Å². The molecule has 0 spiro atoms. The van der Waals surface area contributed by atoms with Crippen molar-refractivity contribution in [1.29, 1.82) is 0 Å². The van der Waals surface area contributed by atoms with Crippen molar-refractivity contribution in [1.82, 2.24) is 0 Å². The van der Waals surface area contributed by atoms with Crippen molar-refractivity contribution in [2.24, 2.45) is 11.5 Å². The van der Waals surface area contributed by atoms with Crippen molar-refractivity contribution in [3.63, 3.8) is 0 Å². The first kappa shape index (κ1) is 14.9. The minimum absolute atomic E-state index is 0.229. The maximum atomic E-state index is 10.6. The fourth-order valence-corrected chi connectivity index (χ4v) is 0.872. The molecule has 8 nitrogen and oxygen atoms in total. The number of aldehydes is 1. The minimum Gasteiger partial charge on any atom is -0.462 e. The van der Waals surface area contributed by atoms with Gasteiger partial charge in [0, 0.05) is 0 Å². The van der Waals surface area contributed by atoms with Crippen LogP contribution in [0.5, 0.6) is 0 Å². The SMILES string of the molecule is NCC(=O)OC[C@@H](O)[C@@H](O)[C@H](O)[C@@H](N)C=O. The minimum atomic E-state index is -1.69. The Kier molecular flexibility index (Phi) is 6.77. The summed E-state index contributed by atoms with van der Waals surface area (Å²) in [7, 11) is 0. The summed E-state index contributed by atoms with van der Waals surface area (Å²) in [6, 6.07) is -1.32. The maximum absolute atomic E-state index is 10.6. The molecule has 16 heavy (non-hydrogen) atoms. The van der Waals surface area contributed by atoms with Crippen LogP contribution in [0.15, 0.2) is 0 Å². The standard InChI is InChI=1S/C8H16N2O6/c9-1-6(13)16-3-5(12)8(15)7(14)4(10)2-11/h2,4-5,7-8,12,14-15H,1,3,9-10H2/t4-,5+,7+,8+/m0/s1. The second kappa shape index (κ2) is 7.25. The first-order valence-corrected chi connectivity index (χ1v) is 4.54. The first-order chi connectivity index (χ1) is 7.43. The lowest BCUT2D eigenvalue weighted by Gasteiger charge is -2.24. The molecular formula is C8H16N2O6. The van der Waals surface area contributed by atoms with E-state index in [1.165, 1.54) is 0 Å². The number of esters is 1. The van der Waals surface area contributed by atoms with E-state index in [2.05, 4.69) is 4.74 Å². The van der Waals surface area contributed by atoms with Gasteiger partial charge in [0.15, 0.2) is 0 Å². The number of hydrogen-bond donors (Lipinski definition) is 5. The smallest absolute Gasteiger partial charge is 0.319 e. The van der Waals surface area contributed by atoms with Gasteiger partial charge < -0.3 is 36.3 Å². The number of nitrogens with two attached hydrogens (primary N) is 2. The molecule has 0 rings (SSSR count). The van der Waals surface area contributed by atoms with E-state index in [-0.39, 0.29) is 12.8 Å². The zero-order valence-corrected chi connectivity index (χ0v) is 8.52. The van der Waals surface area contributed by atoms with Crippen molar-refractivity contribution in [2.45, 2.75) is 24.4 Å². The van der Waals surface area contributed by atoms with E-state index in [9.17, 15) is 24.9 Å². The summed E-state index contributed by atoms with van der Waals surface area (Å²) >= 11 is 0. The van der Waals surface area contributed by atoms with Crippen LogP contribution in [0, 0.1) is 0 Å². The Hall–Kier alpha value is -1.06. The zero-order chi connectivity index (χ0) is 12.7. The molecule has 0 bridgehead atoms. The van der Waals surface area contributed by atoms with Crippen molar-refractivity contribution >= 4 is 12.3 Å². The molecule has 0 heterocycles. The number of carbonyl (C=O) groups excluding carboxylic acids is 2. The highest BCUT2D eigenvalue weighted by atomic mass is 16.5. The molecule has 0 unspecified atom stereocenters. The summed E-state index contributed by atoms with van der Waals surface area (Å²) < 4.78 is 4.42. The van der Waals surface area contributed by atoms with E-state index >= 15 is 0 Å². The van der Waals surface area contributed by atoms with Crippen LogP contribution in [-0.2, 0) is 14.3 Å². The lowest BCUT2D eigenvalue weighted by molar-refractivity contribution is -0.150. The molecule has 7 N–H and O–H groups in total. The van der Waals surface area contributed by atoms with Crippen molar-refractivity contribution in [3.05, 3.63) is 0 Å². The van der Waals surface area contributed by atoms with Gasteiger partial charge in [-0.2, -0.15) is 0 Å². The molecule has 0 aliphatic rings. The Morgan fingerprint density at radius 1 is 1.31 bits per heavy atom. The third kappa shape index (κ3) is 4.64. The molecule has 4 atom stereocenters. The Morgan fingerprint density at radius 2 is 1.88 bits per heavy atom. The molecule has 0 saturated carbocycles. The van der Waals surface area contributed by atoms with E-state index in [1.54, 1.807) is 0 Å². The highest BCUT2D eigenvalue weighted by Crippen LogP contribution is 2.03. The van der Waals surface area contributed by atoms with Gasteiger partial charge in [-0.05, 0) is 0 Å². The monoisotopic (exact) mass is 236 g/mol. The second-order valence-electron chi connectivity index (χ2n) is 3.15. The Bertz CT molecular complexity index is 237. The molecule has 0 saturated heterocycles. The average Bonchev–Trinajstić information content (AvgIpc) is 2.32. The number of hydrogen-bond acceptors (Lipinski definition) is 8. The molecule has 0 aromatic heterocycles. The summed E-state index contributed by atoms with van der Waals surface area (Å²) in [5, 5.41) is 27.8. The summed E-state index contributed by atoms with van der Waals surface area (Å²) in [6.45, 7) is -0.904. The Balaban J connectivity index is 4.11. The summed E-state index contributed by atoms with van der Waals surface area (Å²) in [6.07, 6.45) is -4.64. The number of aliphatic hydroxyl groups excluding tert-OH is 3. The van der Waals surface area contributed by atoms with Crippen LogP contribution >= 0.6 is 0 Å². The van der Waals surface area contributed by atoms with E-state index < -0.39 is 36.9 Å². The molecule has 0 aliphatic carbocycles. The van der Waals surface area contributed by atoms with Gasteiger partial charge in [-0.3, -0.25) is 4.79 Å². The summed E-state index contributed by atoms with van der Waals surface area (Å²) in [5.41, 5.74) is 10.0. The largest absolute Gasteiger partial charge is 0.462 e. The number of rotatable bonds is 7. The maximum Gasteiger partial charge on any atom is 0.319 e. The summed E-state index contributed by atoms with van der Waals surface area (Å²) in [4.78, 5) is 20.8. The van der Waals surface area contributed by atoms with E-state index in [1.807, 2.05) is 0 Å². The van der Waals surface area contributed by atoms with Crippen LogP contribution in [0.2, 0.25) is 0 Å². The van der Waals surface area contributed by atoms with Crippen molar-refractivity contribution in [2.75, 3.05) is 13.2 Å². The quantitative estimate of drug-likeness (QED) is 0.222. The lowest BCUT2D eigenvalue weighted by Crippen LogP contribution is -2.50. The van der Waals surface area contributed by atoms with Crippen molar-refractivity contribution in [3.8, 4) is 0 Å². The van der Waals surface area contributed by atoms with Gasteiger partial charge in [0.25, 0.3) is 0 Å². The van der Waals surface area contributed by atoms with E-state index in [0.717, 1.165) is 0 Å². The molecule has 94 valence electrons. The van der Waals surface area contributed by atoms with Gasteiger partial charge in [0.1, 0.15) is 31.2 Å². The topological polar surface area (TPSA) is 156 Å². The van der Waals surface area contributed by atoms with E-state index in [0.29, 0.717) is 0 Å². The molecular weight excluding hydrogens is 220 g/mol. The molecule has 0 radical (unpaired) electrons. The Morgan fingerprint density at radius 3 is 2.31 bits per heavy atom. The normalized spacial score (nSPS) is 18.3. The van der Waals surface area contributed by atoms with Crippen LogP contribution < -0.4 is 11.5 Å². The molecule has 0 aliphatic heterocycles. The number of carbonyl (C=O) groups is 2. The highest BCUT2D eigenvalue weighted by Gasteiger charge is 2.29. The van der Waals surface area contributed by atoms with Crippen molar-refractivity contribution < 1.29 is 29.6 Å². The second-order valence-corrected chi connectivity index (χ2v) is 3.15. The average molecular weight is 236 g/mol. The van der Waals surface area contributed by atoms with E-state index in [4.69, 9.17) is 11.5 Å². The molecule has 0 fully saturated rings. The fourth-order valence-electron chi connectivity index (χ4n) is 0.872. The van der Waals surface area contributed by atoms with Crippen LogP contribution in [0.25, 0.3) is 0 Å². The summed E-state index contributed by atoms with van der Waals surface area (Å²) in [5.74, 6) is -0.763. The highest BCUT2D eigenvalue weighted by molar-refractivity contribution is 5.71. The van der Waals surface area contributed by atoms with Crippen LogP contribution in [-0.4, -0.2) is 65.1 Å². The zero-order valence-electron chi connectivity index (χ0n) is 8.52. The first-order valence-electron chi connectivity index (χ1n) is 4.54. The van der Waals surface area contributed by atoms with Crippen LogP contribution in [0.4, 0.5) is 0 Å². The molecule has 0 aromatic rings. The number of aliphatic hydroxyl groups is 3. The van der Waals surface area contributed by atoms with Gasteiger partial charge in [-0.1, -0.05) is 0 Å². The van der Waals surface area contributed by atoms with Crippen LogP contribution in [0.1, 0.15) is 0 Å². The van der Waals surface area contributed by atoms with Gasteiger partial charge in [0.2, 0.25) is 0 Å². The molecule has 0 aromatic carbocycles. The molecule has 0 amide bonds. The fraction of sp³-hybridized carbons (Fsp3) is 0.750. The third-order valence-electron chi connectivity index (χ3n) is 1.88. The predicted molar refractivity (Wildman–Crippen MR) is 52.1 cm³/mol. The predicted octanol–water partition coefficient (Wildman–Crippen LogP) is -3.90. The molecule has 8 heteroatoms. The van der Waals surface area contributed by atoms with Gasteiger partial charge in [-0.15, -0.1) is 0 Å². The van der Waals surface area contributed by atoms with Gasteiger partial charge in [-0.25, -0.2) is 0 Å². The number of ether oxygens (including phenoxy) is 1. The Labute approximate surface area is 91.8 Å².